The average Bonchev–Trinajstić information content (AvgIpc) is 3.05. The quantitative estimate of drug-likeness (QED) is 0.687. The largest absolute Gasteiger partial charge is 0.464 e. The van der Waals surface area contributed by atoms with Crippen LogP contribution in [0, 0.1) is 28.6 Å². The summed E-state index contributed by atoms with van der Waals surface area (Å²) in [4.78, 5) is 11.6. The molecule has 1 atom stereocenters. The summed E-state index contributed by atoms with van der Waals surface area (Å²) >= 11 is 0. The molecular weight excluding hydrogens is 216 g/mol. The lowest BCUT2D eigenvalue weighted by atomic mass is 9.94. The highest BCUT2D eigenvalue weighted by atomic mass is 16.5. The number of hydrogen-bond acceptors (Lipinski definition) is 4. The van der Waals surface area contributed by atoms with Crippen molar-refractivity contribution in [2.24, 2.45) is 23.0 Å². The van der Waals surface area contributed by atoms with Crippen molar-refractivity contribution in [3.05, 3.63) is 0 Å². The highest BCUT2D eigenvalue weighted by Gasteiger charge is 2.44. The predicted molar refractivity (Wildman–Crippen MR) is 64.9 cm³/mol. The molecule has 0 spiro atoms. The van der Waals surface area contributed by atoms with Crippen LogP contribution in [-0.4, -0.2) is 19.1 Å². The molecule has 1 aliphatic rings. The number of carbonyl (C=O) groups excluding carboxylic acids is 1. The van der Waals surface area contributed by atoms with Crippen LogP contribution in [0.1, 0.15) is 39.5 Å². The first-order valence-electron chi connectivity index (χ1n) is 6.28. The highest BCUT2D eigenvalue weighted by molar-refractivity contribution is 5.69. The molecule has 0 aliphatic heterocycles. The normalized spacial score (nSPS) is 18.5. The van der Waals surface area contributed by atoms with Gasteiger partial charge in [-0.2, -0.15) is 5.26 Å². The van der Waals surface area contributed by atoms with Gasteiger partial charge in [0, 0.05) is 6.42 Å². The third kappa shape index (κ3) is 4.74. The van der Waals surface area contributed by atoms with Gasteiger partial charge in [0.2, 0.25) is 0 Å². The van der Waals surface area contributed by atoms with Gasteiger partial charge >= 0.3 is 5.97 Å². The van der Waals surface area contributed by atoms with Gasteiger partial charge in [0.1, 0.15) is 6.61 Å². The maximum absolute atomic E-state index is 11.6. The van der Waals surface area contributed by atoms with Gasteiger partial charge in [0.05, 0.1) is 11.5 Å². The molecule has 0 unspecified atom stereocenters. The summed E-state index contributed by atoms with van der Waals surface area (Å²) in [6.07, 6.45) is 3.01. The van der Waals surface area contributed by atoms with Crippen molar-refractivity contribution in [1.82, 2.24) is 0 Å². The molecule has 0 radical (unpaired) electrons. The minimum atomic E-state index is -0.369. The summed E-state index contributed by atoms with van der Waals surface area (Å²) in [5.74, 6) is 0.507. The Morgan fingerprint density at radius 1 is 1.53 bits per heavy atom. The average molecular weight is 238 g/mol. The van der Waals surface area contributed by atoms with Crippen LogP contribution >= 0.6 is 0 Å². The molecule has 0 heterocycles. The van der Waals surface area contributed by atoms with Crippen molar-refractivity contribution < 1.29 is 9.53 Å². The lowest BCUT2D eigenvalue weighted by Gasteiger charge is -2.16. The zero-order valence-corrected chi connectivity index (χ0v) is 10.7. The first-order chi connectivity index (χ1) is 8.01. The third-order valence-electron chi connectivity index (χ3n) is 3.19. The van der Waals surface area contributed by atoms with E-state index in [-0.39, 0.29) is 23.9 Å². The molecule has 1 aliphatic carbocycles. The smallest absolute Gasteiger partial charge is 0.306 e. The number of esters is 1. The fourth-order valence-electron chi connectivity index (χ4n) is 1.88. The maximum Gasteiger partial charge on any atom is 0.306 e. The second-order valence-electron chi connectivity index (χ2n) is 5.49. The molecule has 1 fully saturated rings. The Labute approximate surface area is 103 Å². The van der Waals surface area contributed by atoms with Crippen LogP contribution in [-0.2, 0) is 9.53 Å². The Morgan fingerprint density at radius 3 is 2.59 bits per heavy atom. The summed E-state index contributed by atoms with van der Waals surface area (Å²) in [5, 5.41) is 8.86. The van der Waals surface area contributed by atoms with Crippen molar-refractivity contribution >= 4 is 5.97 Å². The summed E-state index contributed by atoms with van der Waals surface area (Å²) < 4.78 is 5.16. The van der Waals surface area contributed by atoms with Gasteiger partial charge in [-0.25, -0.2) is 0 Å². The summed E-state index contributed by atoms with van der Waals surface area (Å²) in [7, 11) is 0. The molecule has 0 amide bonds. The van der Waals surface area contributed by atoms with E-state index in [0.717, 1.165) is 19.3 Å². The van der Waals surface area contributed by atoms with E-state index < -0.39 is 0 Å². The number of nitrogens with zero attached hydrogens (tertiary/aromatic N) is 1. The number of ether oxygens (including phenoxy) is 1. The second-order valence-corrected chi connectivity index (χ2v) is 5.49. The number of hydrogen-bond donors (Lipinski definition) is 1. The molecule has 2 N–H and O–H groups in total. The molecule has 96 valence electrons. The molecule has 0 aromatic carbocycles. The first kappa shape index (κ1) is 14.0. The SMILES string of the molecule is CC(C)C[C@H](CN)CC(=O)OCC1(C#N)CC1. The van der Waals surface area contributed by atoms with Crippen molar-refractivity contribution in [2.45, 2.75) is 39.5 Å². The third-order valence-corrected chi connectivity index (χ3v) is 3.19. The Morgan fingerprint density at radius 2 is 2.18 bits per heavy atom. The second kappa shape index (κ2) is 6.02. The Balaban J connectivity index is 2.26. The number of nitrogens with two attached hydrogens (primary N) is 1. The molecular formula is C13H22N2O2. The Bertz CT molecular complexity index is 303. The van der Waals surface area contributed by atoms with Crippen molar-refractivity contribution in [1.29, 1.82) is 5.26 Å². The Hall–Kier alpha value is -1.08. The van der Waals surface area contributed by atoms with E-state index in [1.807, 2.05) is 0 Å². The molecule has 4 heteroatoms. The van der Waals surface area contributed by atoms with Crippen LogP contribution in [0.2, 0.25) is 0 Å². The van der Waals surface area contributed by atoms with E-state index in [1.165, 1.54) is 0 Å². The lowest BCUT2D eigenvalue weighted by Crippen LogP contribution is -2.22. The zero-order valence-electron chi connectivity index (χ0n) is 10.7. The number of rotatable bonds is 7. The standard InChI is InChI=1S/C13H22N2O2/c1-10(2)5-11(7-14)6-12(16)17-9-13(8-15)3-4-13/h10-11H,3-7,9,14H2,1-2H3/t11-/m0/s1. The fraction of sp³-hybridized carbons (Fsp3) is 0.846. The van der Waals surface area contributed by atoms with Crippen molar-refractivity contribution in [2.75, 3.05) is 13.2 Å². The van der Waals surface area contributed by atoms with Gasteiger partial charge in [-0.15, -0.1) is 0 Å². The van der Waals surface area contributed by atoms with Crippen LogP contribution in [0.5, 0.6) is 0 Å². The van der Waals surface area contributed by atoms with E-state index in [0.29, 0.717) is 18.9 Å². The number of nitriles is 1. The molecule has 1 saturated carbocycles. The predicted octanol–water partition coefficient (Wildman–Crippen LogP) is 1.84. The first-order valence-corrected chi connectivity index (χ1v) is 6.28. The summed E-state index contributed by atoms with van der Waals surface area (Å²) in [5.41, 5.74) is 5.26. The molecule has 0 bridgehead atoms. The summed E-state index contributed by atoms with van der Waals surface area (Å²) in [6.45, 7) is 4.99. The van der Waals surface area contributed by atoms with Crippen LogP contribution in [0.3, 0.4) is 0 Å². The van der Waals surface area contributed by atoms with E-state index in [9.17, 15) is 4.79 Å². The fourth-order valence-corrected chi connectivity index (χ4v) is 1.88. The van der Waals surface area contributed by atoms with Crippen LogP contribution < -0.4 is 5.73 Å². The molecule has 17 heavy (non-hydrogen) atoms. The molecule has 1 rings (SSSR count). The van der Waals surface area contributed by atoms with Gasteiger partial charge in [-0.05, 0) is 37.6 Å². The molecule has 4 nitrogen and oxygen atoms in total. The van der Waals surface area contributed by atoms with Gasteiger partial charge in [0.25, 0.3) is 0 Å². The topological polar surface area (TPSA) is 76.1 Å². The van der Waals surface area contributed by atoms with Gasteiger partial charge in [-0.1, -0.05) is 13.8 Å². The molecule has 0 aromatic rings. The minimum absolute atomic E-state index is 0.194. The van der Waals surface area contributed by atoms with Crippen molar-refractivity contribution in [3.63, 3.8) is 0 Å². The van der Waals surface area contributed by atoms with Crippen LogP contribution in [0.25, 0.3) is 0 Å². The zero-order chi connectivity index (χ0) is 12.9. The molecule has 0 aromatic heterocycles. The Kier molecular flexibility index (Phi) is 4.95. The number of carbonyl (C=O) groups is 1. The summed E-state index contributed by atoms with van der Waals surface area (Å²) in [6, 6.07) is 2.21. The monoisotopic (exact) mass is 238 g/mol. The van der Waals surface area contributed by atoms with Crippen LogP contribution in [0.15, 0.2) is 0 Å². The van der Waals surface area contributed by atoms with Crippen LogP contribution in [0.4, 0.5) is 0 Å². The van der Waals surface area contributed by atoms with E-state index >= 15 is 0 Å². The minimum Gasteiger partial charge on any atom is -0.464 e. The van der Waals surface area contributed by atoms with Gasteiger partial charge in [-0.3, -0.25) is 4.79 Å². The molecule has 0 saturated heterocycles. The maximum atomic E-state index is 11.6. The van der Waals surface area contributed by atoms with Gasteiger partial charge < -0.3 is 10.5 Å². The van der Waals surface area contributed by atoms with E-state index in [1.54, 1.807) is 0 Å². The van der Waals surface area contributed by atoms with Gasteiger partial charge in [0.15, 0.2) is 0 Å². The van der Waals surface area contributed by atoms with Crippen molar-refractivity contribution in [3.8, 4) is 6.07 Å². The highest BCUT2D eigenvalue weighted by Crippen LogP contribution is 2.45. The lowest BCUT2D eigenvalue weighted by molar-refractivity contribution is -0.146. The van der Waals surface area contributed by atoms with E-state index in [4.69, 9.17) is 15.7 Å². The van der Waals surface area contributed by atoms with E-state index in [2.05, 4.69) is 19.9 Å².